The molecule has 1 unspecified atom stereocenters. The van der Waals surface area contributed by atoms with Crippen molar-refractivity contribution in [3.63, 3.8) is 0 Å². The number of hydrogen-bond donors (Lipinski definition) is 2. The average molecular weight is 357 g/mol. The Morgan fingerprint density at radius 2 is 1.88 bits per heavy atom. The Balaban J connectivity index is 2.41. The molecule has 0 aliphatic carbocycles. The first-order valence-corrected chi connectivity index (χ1v) is 9.67. The van der Waals surface area contributed by atoms with Gasteiger partial charge in [-0.05, 0) is 44.2 Å². The zero-order chi connectivity index (χ0) is 18.7. The molecule has 0 bridgehead atoms. The summed E-state index contributed by atoms with van der Waals surface area (Å²) in [5.74, 6) is 1.61. The summed E-state index contributed by atoms with van der Waals surface area (Å²) in [5, 5.41) is 6.87. The molecular formula is C19H40N4O2. The van der Waals surface area contributed by atoms with E-state index in [2.05, 4.69) is 43.2 Å². The standard InChI is InChI=1S/C19H40N4O2/c1-7-20-18(22-15-17(25-6)19(2,3)4)21-14-16-8-10-23(11-9-16)12-13-24-5/h16-17H,7-15H2,1-6H3,(H2,20,21,22). The molecule has 0 aromatic rings. The molecule has 0 amide bonds. The molecule has 0 radical (unpaired) electrons. The Morgan fingerprint density at radius 1 is 1.20 bits per heavy atom. The van der Waals surface area contributed by atoms with Crippen molar-refractivity contribution in [2.45, 2.75) is 46.6 Å². The van der Waals surface area contributed by atoms with Crippen molar-refractivity contribution >= 4 is 5.96 Å². The van der Waals surface area contributed by atoms with Gasteiger partial charge in [-0.15, -0.1) is 0 Å². The number of piperidine rings is 1. The van der Waals surface area contributed by atoms with Crippen molar-refractivity contribution < 1.29 is 9.47 Å². The van der Waals surface area contributed by atoms with Crippen molar-refractivity contribution in [3.05, 3.63) is 0 Å². The largest absolute Gasteiger partial charge is 0.383 e. The highest BCUT2D eigenvalue weighted by molar-refractivity contribution is 5.79. The van der Waals surface area contributed by atoms with Crippen molar-refractivity contribution in [1.82, 2.24) is 15.5 Å². The number of ether oxygens (including phenoxy) is 2. The zero-order valence-corrected chi connectivity index (χ0v) is 17.2. The van der Waals surface area contributed by atoms with Crippen molar-refractivity contribution in [2.24, 2.45) is 16.3 Å². The molecule has 1 saturated heterocycles. The third-order valence-corrected chi connectivity index (χ3v) is 4.89. The van der Waals surface area contributed by atoms with Gasteiger partial charge in [0.25, 0.3) is 0 Å². The van der Waals surface area contributed by atoms with Crippen LogP contribution in [0.15, 0.2) is 4.99 Å². The van der Waals surface area contributed by atoms with Gasteiger partial charge in [0.1, 0.15) is 0 Å². The maximum atomic E-state index is 5.60. The van der Waals surface area contributed by atoms with Gasteiger partial charge in [-0.1, -0.05) is 20.8 Å². The smallest absolute Gasteiger partial charge is 0.191 e. The number of aliphatic imine (C=N–C) groups is 1. The van der Waals surface area contributed by atoms with Gasteiger partial charge in [-0.25, -0.2) is 0 Å². The van der Waals surface area contributed by atoms with Gasteiger partial charge >= 0.3 is 0 Å². The van der Waals surface area contributed by atoms with E-state index in [1.54, 1.807) is 14.2 Å². The number of hydrogen-bond acceptors (Lipinski definition) is 4. The molecule has 1 atom stereocenters. The van der Waals surface area contributed by atoms with E-state index in [0.29, 0.717) is 12.5 Å². The minimum atomic E-state index is 0.0879. The first kappa shape index (κ1) is 22.2. The summed E-state index contributed by atoms with van der Waals surface area (Å²) in [6.07, 6.45) is 2.59. The zero-order valence-electron chi connectivity index (χ0n) is 17.2. The highest BCUT2D eigenvalue weighted by atomic mass is 16.5. The van der Waals surface area contributed by atoms with Crippen LogP contribution >= 0.6 is 0 Å². The SMILES string of the molecule is CCNC(=NCC(OC)C(C)(C)C)NCC1CCN(CCOC)CC1. The second-order valence-corrected chi connectivity index (χ2v) is 7.97. The first-order valence-electron chi connectivity index (χ1n) is 9.67. The summed E-state index contributed by atoms with van der Waals surface area (Å²) >= 11 is 0. The van der Waals surface area contributed by atoms with Crippen LogP contribution in [0.2, 0.25) is 0 Å². The third-order valence-electron chi connectivity index (χ3n) is 4.89. The van der Waals surface area contributed by atoms with Gasteiger partial charge in [0, 0.05) is 33.9 Å². The third kappa shape index (κ3) is 8.88. The van der Waals surface area contributed by atoms with E-state index >= 15 is 0 Å². The molecule has 1 heterocycles. The molecule has 0 saturated carbocycles. The van der Waals surface area contributed by atoms with Gasteiger partial charge in [-0.3, -0.25) is 4.99 Å². The summed E-state index contributed by atoms with van der Waals surface area (Å²) in [6.45, 7) is 15.4. The fourth-order valence-corrected chi connectivity index (χ4v) is 3.09. The first-order chi connectivity index (χ1) is 11.9. The monoisotopic (exact) mass is 356 g/mol. The fourth-order valence-electron chi connectivity index (χ4n) is 3.09. The van der Waals surface area contributed by atoms with E-state index in [4.69, 9.17) is 14.5 Å². The summed E-state index contributed by atoms with van der Waals surface area (Å²) < 4.78 is 10.8. The molecular weight excluding hydrogens is 316 g/mol. The predicted octanol–water partition coefficient (Wildman–Crippen LogP) is 1.96. The van der Waals surface area contributed by atoms with Gasteiger partial charge in [-0.2, -0.15) is 0 Å². The van der Waals surface area contributed by atoms with Crippen LogP contribution in [0.3, 0.4) is 0 Å². The quantitative estimate of drug-likeness (QED) is 0.489. The van der Waals surface area contributed by atoms with Crippen LogP contribution in [-0.2, 0) is 9.47 Å². The summed E-state index contributed by atoms with van der Waals surface area (Å²) in [5.41, 5.74) is 0.0879. The lowest BCUT2D eigenvalue weighted by atomic mass is 9.89. The Labute approximate surface area is 154 Å². The second kappa shape index (κ2) is 11.7. The average Bonchev–Trinajstić information content (AvgIpc) is 2.58. The highest BCUT2D eigenvalue weighted by Crippen LogP contribution is 2.22. The number of guanidine groups is 1. The molecule has 25 heavy (non-hydrogen) atoms. The van der Waals surface area contributed by atoms with Crippen LogP contribution in [-0.4, -0.2) is 77.1 Å². The molecule has 0 spiro atoms. The summed E-state index contributed by atoms with van der Waals surface area (Å²) in [7, 11) is 3.54. The van der Waals surface area contributed by atoms with Crippen molar-refractivity contribution in [2.75, 3.05) is 60.1 Å². The van der Waals surface area contributed by atoms with Crippen molar-refractivity contribution in [1.29, 1.82) is 0 Å². The highest BCUT2D eigenvalue weighted by Gasteiger charge is 2.24. The maximum absolute atomic E-state index is 5.60. The van der Waals surface area contributed by atoms with Gasteiger partial charge in [0.05, 0.1) is 19.3 Å². The van der Waals surface area contributed by atoms with Crippen LogP contribution in [0.5, 0.6) is 0 Å². The second-order valence-electron chi connectivity index (χ2n) is 7.97. The molecule has 6 nitrogen and oxygen atoms in total. The Morgan fingerprint density at radius 3 is 2.40 bits per heavy atom. The van der Waals surface area contributed by atoms with Gasteiger partial charge in [0.15, 0.2) is 5.96 Å². The lowest BCUT2D eigenvalue weighted by Crippen LogP contribution is -2.44. The number of methoxy groups -OCH3 is 2. The predicted molar refractivity (Wildman–Crippen MR) is 105 cm³/mol. The molecule has 1 aliphatic heterocycles. The van der Waals surface area contributed by atoms with Crippen LogP contribution in [0.25, 0.3) is 0 Å². The number of likely N-dealkylation sites (tertiary alicyclic amines) is 1. The molecule has 1 fully saturated rings. The van der Waals surface area contributed by atoms with Crippen molar-refractivity contribution in [3.8, 4) is 0 Å². The number of rotatable bonds is 9. The lowest BCUT2D eigenvalue weighted by molar-refractivity contribution is 0.0241. The van der Waals surface area contributed by atoms with Gasteiger partial charge < -0.3 is 25.0 Å². The van der Waals surface area contributed by atoms with E-state index in [-0.39, 0.29) is 11.5 Å². The topological polar surface area (TPSA) is 58.1 Å². The van der Waals surface area contributed by atoms with Crippen LogP contribution in [0, 0.1) is 11.3 Å². The number of nitrogens with zero attached hydrogens (tertiary/aromatic N) is 2. The maximum Gasteiger partial charge on any atom is 0.191 e. The van der Waals surface area contributed by atoms with E-state index in [9.17, 15) is 0 Å². The molecule has 1 rings (SSSR count). The van der Waals surface area contributed by atoms with Crippen LogP contribution < -0.4 is 10.6 Å². The van der Waals surface area contributed by atoms with Crippen LogP contribution in [0.4, 0.5) is 0 Å². The molecule has 0 aromatic carbocycles. The van der Waals surface area contributed by atoms with E-state index < -0.39 is 0 Å². The Kier molecular flexibility index (Phi) is 10.4. The molecule has 2 N–H and O–H groups in total. The summed E-state index contributed by atoms with van der Waals surface area (Å²) in [4.78, 5) is 7.23. The van der Waals surface area contributed by atoms with E-state index in [1.165, 1.54) is 25.9 Å². The minimum absolute atomic E-state index is 0.0879. The van der Waals surface area contributed by atoms with Crippen LogP contribution in [0.1, 0.15) is 40.5 Å². The molecule has 0 aromatic heterocycles. The van der Waals surface area contributed by atoms with E-state index in [1.807, 2.05) is 0 Å². The minimum Gasteiger partial charge on any atom is -0.383 e. The lowest BCUT2D eigenvalue weighted by Gasteiger charge is -2.32. The molecule has 148 valence electrons. The Bertz CT molecular complexity index is 374. The number of nitrogens with one attached hydrogen (secondary N) is 2. The van der Waals surface area contributed by atoms with E-state index in [0.717, 1.165) is 32.2 Å². The summed E-state index contributed by atoms with van der Waals surface area (Å²) in [6, 6.07) is 0. The molecule has 6 heteroatoms. The normalized spacial score (nSPS) is 19.0. The van der Waals surface area contributed by atoms with Gasteiger partial charge in [0.2, 0.25) is 0 Å². The fraction of sp³-hybridized carbons (Fsp3) is 0.947. The Hall–Kier alpha value is -0.850. The molecule has 1 aliphatic rings.